The van der Waals surface area contributed by atoms with Gasteiger partial charge in [-0.1, -0.05) is 19.8 Å². The number of hydrogen-bond acceptors (Lipinski definition) is 4. The maximum Gasteiger partial charge on any atom is 0.325 e. The van der Waals surface area contributed by atoms with Crippen molar-refractivity contribution in [3.05, 3.63) is 23.7 Å². The predicted octanol–water partition coefficient (Wildman–Crippen LogP) is 2.05. The number of furan rings is 1. The third-order valence-corrected chi connectivity index (χ3v) is 5.41. The normalized spacial score (nSPS) is 26.2. The van der Waals surface area contributed by atoms with E-state index in [9.17, 15) is 14.4 Å². The minimum absolute atomic E-state index is 0.0848. The van der Waals surface area contributed by atoms with Crippen LogP contribution < -0.4 is 5.32 Å². The Morgan fingerprint density at radius 1 is 1.40 bits per heavy atom. The van der Waals surface area contributed by atoms with E-state index in [1.54, 1.807) is 7.05 Å². The van der Waals surface area contributed by atoms with Crippen molar-refractivity contribution in [1.82, 2.24) is 15.1 Å². The van der Waals surface area contributed by atoms with Crippen LogP contribution in [0.25, 0.3) is 0 Å². The van der Waals surface area contributed by atoms with E-state index in [2.05, 4.69) is 5.32 Å². The third kappa shape index (κ3) is 3.15. The number of nitrogens with zero attached hydrogens (tertiary/aromatic N) is 2. The molecule has 1 spiro atoms. The Morgan fingerprint density at radius 3 is 2.80 bits per heavy atom. The van der Waals surface area contributed by atoms with E-state index in [1.165, 1.54) is 4.90 Å². The van der Waals surface area contributed by atoms with Gasteiger partial charge in [-0.05, 0) is 37.8 Å². The van der Waals surface area contributed by atoms with E-state index >= 15 is 0 Å². The van der Waals surface area contributed by atoms with Crippen LogP contribution in [0.15, 0.2) is 16.5 Å². The van der Waals surface area contributed by atoms with Gasteiger partial charge in [0.15, 0.2) is 0 Å². The lowest BCUT2D eigenvalue weighted by atomic mass is 9.73. The highest BCUT2D eigenvalue weighted by molar-refractivity contribution is 6.09. The van der Waals surface area contributed by atoms with Crippen LogP contribution in [0.2, 0.25) is 0 Å². The van der Waals surface area contributed by atoms with Crippen molar-refractivity contribution in [1.29, 1.82) is 0 Å². The molecule has 1 aromatic rings. The zero-order chi connectivity index (χ0) is 18.2. The maximum absolute atomic E-state index is 12.9. The molecule has 2 fully saturated rings. The fourth-order valence-electron chi connectivity index (χ4n) is 3.79. The molecule has 4 amide bonds. The second kappa shape index (κ2) is 6.54. The number of urea groups is 1. The first kappa shape index (κ1) is 17.5. The minimum Gasteiger partial charge on any atom is -0.464 e. The lowest BCUT2D eigenvalue weighted by Crippen LogP contribution is -2.54. The SMILES string of the molecule is Cc1ccc(CN(C)C(=O)CN2C(=O)N[C@@]3(CCCC[C@H]3C)C2=O)o1. The van der Waals surface area contributed by atoms with E-state index in [4.69, 9.17) is 4.42 Å². The molecule has 7 heteroatoms. The molecule has 0 radical (unpaired) electrons. The number of aryl methyl sites for hydroxylation is 1. The largest absolute Gasteiger partial charge is 0.464 e. The molecule has 1 N–H and O–H groups in total. The van der Waals surface area contributed by atoms with Crippen molar-refractivity contribution in [3.63, 3.8) is 0 Å². The summed E-state index contributed by atoms with van der Waals surface area (Å²) in [6, 6.07) is 3.18. The number of carbonyl (C=O) groups is 3. The van der Waals surface area contributed by atoms with Gasteiger partial charge in [-0.2, -0.15) is 0 Å². The summed E-state index contributed by atoms with van der Waals surface area (Å²) in [4.78, 5) is 40.2. The molecule has 2 atom stereocenters. The van der Waals surface area contributed by atoms with Crippen LogP contribution in [0.3, 0.4) is 0 Å². The van der Waals surface area contributed by atoms with E-state index in [-0.39, 0.29) is 24.3 Å². The number of amides is 4. The maximum atomic E-state index is 12.9. The molecule has 7 nitrogen and oxygen atoms in total. The van der Waals surface area contributed by atoms with E-state index in [1.807, 2.05) is 26.0 Å². The zero-order valence-corrected chi connectivity index (χ0v) is 15.0. The summed E-state index contributed by atoms with van der Waals surface area (Å²) >= 11 is 0. The quantitative estimate of drug-likeness (QED) is 0.845. The highest BCUT2D eigenvalue weighted by Gasteiger charge is 2.55. The fraction of sp³-hybridized carbons (Fsp3) is 0.611. The molecule has 1 aliphatic carbocycles. The van der Waals surface area contributed by atoms with Gasteiger partial charge >= 0.3 is 6.03 Å². The smallest absolute Gasteiger partial charge is 0.325 e. The Kier molecular flexibility index (Phi) is 4.58. The van der Waals surface area contributed by atoms with Crippen LogP contribution in [0.5, 0.6) is 0 Å². The molecule has 1 saturated heterocycles. The number of nitrogens with one attached hydrogen (secondary N) is 1. The molecule has 1 aromatic heterocycles. The number of hydrogen-bond donors (Lipinski definition) is 1. The molecule has 25 heavy (non-hydrogen) atoms. The fourth-order valence-corrected chi connectivity index (χ4v) is 3.79. The summed E-state index contributed by atoms with van der Waals surface area (Å²) in [5.41, 5.74) is -0.827. The summed E-state index contributed by atoms with van der Waals surface area (Å²) in [6.45, 7) is 3.89. The van der Waals surface area contributed by atoms with Crippen molar-refractivity contribution in [3.8, 4) is 0 Å². The molecular weight excluding hydrogens is 322 g/mol. The van der Waals surface area contributed by atoms with Gasteiger partial charge in [0.25, 0.3) is 5.91 Å². The third-order valence-electron chi connectivity index (χ3n) is 5.41. The summed E-state index contributed by atoms with van der Waals surface area (Å²) in [6.07, 6.45) is 3.53. The van der Waals surface area contributed by atoms with Gasteiger partial charge in [-0.3, -0.25) is 14.5 Å². The summed E-state index contributed by atoms with van der Waals surface area (Å²) < 4.78 is 5.47. The average molecular weight is 347 g/mol. The summed E-state index contributed by atoms with van der Waals surface area (Å²) in [5, 5.41) is 2.86. The number of carbonyl (C=O) groups excluding carboxylic acids is 3. The summed E-state index contributed by atoms with van der Waals surface area (Å²) in [7, 11) is 1.64. The lowest BCUT2D eigenvalue weighted by molar-refractivity contribution is -0.140. The molecule has 1 aliphatic heterocycles. The highest BCUT2D eigenvalue weighted by Crippen LogP contribution is 2.38. The van der Waals surface area contributed by atoms with Crippen molar-refractivity contribution in [2.45, 2.75) is 51.6 Å². The van der Waals surface area contributed by atoms with E-state index in [0.717, 1.165) is 29.9 Å². The lowest BCUT2D eigenvalue weighted by Gasteiger charge is -2.36. The van der Waals surface area contributed by atoms with Crippen LogP contribution in [-0.4, -0.2) is 46.8 Å². The Bertz CT molecular complexity index is 698. The van der Waals surface area contributed by atoms with Gasteiger partial charge in [0.2, 0.25) is 5.91 Å². The molecule has 0 unspecified atom stereocenters. The Hall–Kier alpha value is -2.31. The van der Waals surface area contributed by atoms with Crippen molar-refractivity contribution < 1.29 is 18.8 Å². The van der Waals surface area contributed by atoms with Crippen LogP contribution in [-0.2, 0) is 16.1 Å². The van der Waals surface area contributed by atoms with Gasteiger partial charge < -0.3 is 14.6 Å². The highest BCUT2D eigenvalue weighted by atomic mass is 16.3. The first-order chi connectivity index (χ1) is 11.8. The van der Waals surface area contributed by atoms with E-state index < -0.39 is 11.6 Å². The van der Waals surface area contributed by atoms with Gasteiger partial charge in [0, 0.05) is 7.05 Å². The van der Waals surface area contributed by atoms with Crippen molar-refractivity contribution in [2.75, 3.05) is 13.6 Å². The van der Waals surface area contributed by atoms with Crippen LogP contribution in [0, 0.1) is 12.8 Å². The molecule has 2 aliphatic rings. The average Bonchev–Trinajstić information content (AvgIpc) is 3.07. The second-order valence-electron chi connectivity index (χ2n) is 7.20. The molecule has 3 rings (SSSR count). The first-order valence-corrected chi connectivity index (χ1v) is 8.77. The van der Waals surface area contributed by atoms with Gasteiger partial charge in [-0.15, -0.1) is 0 Å². The topological polar surface area (TPSA) is 82.9 Å². The Morgan fingerprint density at radius 2 is 2.16 bits per heavy atom. The molecule has 136 valence electrons. The molecule has 0 bridgehead atoms. The minimum atomic E-state index is -0.827. The monoisotopic (exact) mass is 347 g/mol. The van der Waals surface area contributed by atoms with Crippen LogP contribution in [0.4, 0.5) is 4.79 Å². The number of rotatable bonds is 4. The standard InChI is InChI=1S/C18H25N3O4/c1-12-6-4-5-9-18(12)16(23)21(17(24)19-18)11-15(22)20(3)10-14-8-7-13(2)25-14/h7-8,12H,4-6,9-11H2,1-3H3,(H,19,24)/t12-,18-/m1/s1. The van der Waals surface area contributed by atoms with Gasteiger partial charge in [0.1, 0.15) is 23.6 Å². The number of imide groups is 1. The van der Waals surface area contributed by atoms with Gasteiger partial charge in [0.05, 0.1) is 6.54 Å². The van der Waals surface area contributed by atoms with Crippen LogP contribution in [0.1, 0.15) is 44.1 Å². The Balaban J connectivity index is 1.66. The molecule has 1 saturated carbocycles. The number of likely N-dealkylation sites (N-methyl/N-ethyl adjacent to an activating group) is 1. The Labute approximate surface area is 147 Å². The van der Waals surface area contributed by atoms with Crippen molar-refractivity contribution in [2.24, 2.45) is 5.92 Å². The van der Waals surface area contributed by atoms with E-state index in [0.29, 0.717) is 18.7 Å². The van der Waals surface area contributed by atoms with Gasteiger partial charge in [-0.25, -0.2) is 4.79 Å². The predicted molar refractivity (Wildman–Crippen MR) is 90.5 cm³/mol. The summed E-state index contributed by atoms with van der Waals surface area (Å²) in [5.74, 6) is 0.973. The molecule has 0 aromatic carbocycles. The zero-order valence-electron chi connectivity index (χ0n) is 15.0. The molecular formula is C18H25N3O4. The van der Waals surface area contributed by atoms with Crippen LogP contribution >= 0.6 is 0 Å². The first-order valence-electron chi connectivity index (χ1n) is 8.77. The molecule has 2 heterocycles. The second-order valence-corrected chi connectivity index (χ2v) is 7.20. The van der Waals surface area contributed by atoms with Crippen molar-refractivity contribution >= 4 is 17.8 Å².